The molecule has 0 saturated carbocycles. The number of pyridine rings is 1. The fraction of sp³-hybridized carbons (Fsp3) is 0.500. The molecule has 4 rings (SSSR count). The van der Waals surface area contributed by atoms with Crippen LogP contribution >= 0.6 is 0 Å². The zero-order valence-corrected chi connectivity index (χ0v) is 17.8. The molecule has 3 unspecified atom stereocenters. The van der Waals surface area contributed by atoms with E-state index in [4.69, 9.17) is 9.72 Å². The summed E-state index contributed by atoms with van der Waals surface area (Å²) in [6.45, 7) is 4.45. The summed E-state index contributed by atoms with van der Waals surface area (Å²) in [4.78, 5) is 20.3. The number of carbonyl (C=O) groups excluding carboxylic acids is 1. The number of benzene rings is 1. The standard InChI is InChI=1S/C24H30N2O4/c1-24(2,29)19-12-21-22-17(13-26(21)23(28)18(19)14-30-3)15(8-6-7-11-27)16-9-4-5-10-20(16)25-22/h4-6,8-10,18-19,21,27,29H,7,11-14H2,1-3H3/b8-6+. The number of amides is 1. The average Bonchev–Trinajstić information content (AvgIpc) is 3.07. The summed E-state index contributed by atoms with van der Waals surface area (Å²) in [5.74, 6) is -0.560. The normalized spacial score (nSPS) is 24.0. The van der Waals surface area contributed by atoms with Gasteiger partial charge in [0.1, 0.15) is 0 Å². The number of para-hydroxylation sites is 1. The Balaban J connectivity index is 1.83. The van der Waals surface area contributed by atoms with Crippen molar-refractivity contribution in [1.82, 2.24) is 9.88 Å². The topological polar surface area (TPSA) is 82.9 Å². The average molecular weight is 411 g/mol. The summed E-state index contributed by atoms with van der Waals surface area (Å²) in [6, 6.07) is 7.86. The number of aromatic nitrogens is 1. The van der Waals surface area contributed by atoms with Gasteiger partial charge in [-0.05, 0) is 38.3 Å². The van der Waals surface area contributed by atoms with Gasteiger partial charge in [-0.1, -0.05) is 30.4 Å². The van der Waals surface area contributed by atoms with Crippen molar-refractivity contribution in [3.63, 3.8) is 0 Å². The lowest BCUT2D eigenvalue weighted by Crippen LogP contribution is -2.52. The molecular formula is C24H30N2O4. The number of aliphatic hydroxyl groups is 2. The van der Waals surface area contributed by atoms with E-state index in [2.05, 4.69) is 0 Å². The predicted octanol–water partition coefficient (Wildman–Crippen LogP) is 3.07. The molecule has 6 nitrogen and oxygen atoms in total. The molecule has 1 aromatic carbocycles. The quantitative estimate of drug-likeness (QED) is 0.765. The zero-order valence-electron chi connectivity index (χ0n) is 17.8. The number of rotatable bonds is 6. The van der Waals surface area contributed by atoms with Gasteiger partial charge < -0.3 is 19.8 Å². The van der Waals surface area contributed by atoms with Gasteiger partial charge in [-0.25, -0.2) is 0 Å². The van der Waals surface area contributed by atoms with Crippen LogP contribution in [0.25, 0.3) is 17.0 Å². The second-order valence-electron chi connectivity index (χ2n) is 8.86. The second kappa shape index (κ2) is 8.10. The van der Waals surface area contributed by atoms with E-state index in [1.165, 1.54) is 0 Å². The molecule has 1 fully saturated rings. The van der Waals surface area contributed by atoms with E-state index >= 15 is 0 Å². The first-order valence-electron chi connectivity index (χ1n) is 10.6. The second-order valence-corrected chi connectivity index (χ2v) is 8.86. The number of nitrogens with zero attached hydrogens (tertiary/aromatic N) is 2. The Labute approximate surface area is 177 Å². The molecule has 0 spiro atoms. The van der Waals surface area contributed by atoms with E-state index in [1.807, 2.05) is 41.3 Å². The minimum absolute atomic E-state index is 0.0209. The smallest absolute Gasteiger partial charge is 0.229 e. The molecule has 1 amide bonds. The predicted molar refractivity (Wildman–Crippen MR) is 116 cm³/mol. The lowest BCUT2D eigenvalue weighted by atomic mass is 9.73. The molecule has 2 aliphatic rings. The Morgan fingerprint density at radius 1 is 1.33 bits per heavy atom. The molecule has 0 radical (unpaired) electrons. The first-order chi connectivity index (χ1) is 14.4. The molecule has 2 aliphatic heterocycles. The van der Waals surface area contributed by atoms with Crippen LogP contribution in [0, 0.1) is 11.8 Å². The van der Waals surface area contributed by atoms with Gasteiger partial charge in [-0.15, -0.1) is 0 Å². The van der Waals surface area contributed by atoms with Gasteiger partial charge in [0, 0.05) is 37.1 Å². The SMILES string of the molecule is COCC1C(=O)N2Cc3c(nc4ccccc4c3/C=C/CCO)C2CC1C(C)(C)O. The zero-order chi connectivity index (χ0) is 21.5. The Hall–Kier alpha value is -2.28. The molecule has 2 N–H and O–H groups in total. The van der Waals surface area contributed by atoms with Crippen molar-refractivity contribution in [2.24, 2.45) is 11.8 Å². The number of hydrogen-bond donors (Lipinski definition) is 2. The Bertz CT molecular complexity index is 979. The third-order valence-corrected chi connectivity index (χ3v) is 6.49. The largest absolute Gasteiger partial charge is 0.396 e. The Morgan fingerprint density at radius 3 is 2.80 bits per heavy atom. The maximum Gasteiger partial charge on any atom is 0.229 e. The van der Waals surface area contributed by atoms with Crippen LogP contribution < -0.4 is 0 Å². The van der Waals surface area contributed by atoms with Crippen LogP contribution in [-0.4, -0.2) is 51.9 Å². The number of methoxy groups -OCH3 is 1. The van der Waals surface area contributed by atoms with Gasteiger partial charge in [0.25, 0.3) is 0 Å². The third kappa shape index (κ3) is 3.53. The van der Waals surface area contributed by atoms with Crippen molar-refractivity contribution in [2.45, 2.75) is 44.9 Å². The third-order valence-electron chi connectivity index (χ3n) is 6.49. The Kier molecular flexibility index (Phi) is 5.66. The van der Waals surface area contributed by atoms with E-state index in [9.17, 15) is 15.0 Å². The van der Waals surface area contributed by atoms with Gasteiger partial charge in [-0.3, -0.25) is 9.78 Å². The maximum atomic E-state index is 13.4. The number of piperidine rings is 1. The lowest BCUT2D eigenvalue weighted by molar-refractivity contribution is -0.157. The van der Waals surface area contributed by atoms with E-state index in [1.54, 1.807) is 21.0 Å². The van der Waals surface area contributed by atoms with Crippen LogP contribution in [-0.2, 0) is 16.1 Å². The number of carbonyl (C=O) groups is 1. The summed E-state index contributed by atoms with van der Waals surface area (Å²) in [5, 5.41) is 21.0. The van der Waals surface area contributed by atoms with Crippen LogP contribution in [0.15, 0.2) is 30.3 Å². The first-order valence-corrected chi connectivity index (χ1v) is 10.6. The van der Waals surface area contributed by atoms with Crippen LogP contribution in [0.3, 0.4) is 0 Å². The number of fused-ring (bicyclic) bond motifs is 4. The molecule has 0 aliphatic carbocycles. The summed E-state index contributed by atoms with van der Waals surface area (Å²) < 4.78 is 5.35. The maximum absolute atomic E-state index is 13.4. The van der Waals surface area contributed by atoms with E-state index < -0.39 is 5.60 Å². The van der Waals surface area contributed by atoms with Gasteiger partial charge >= 0.3 is 0 Å². The Morgan fingerprint density at radius 2 is 2.10 bits per heavy atom. The summed E-state index contributed by atoms with van der Waals surface area (Å²) in [5.41, 5.74) is 2.96. The van der Waals surface area contributed by atoms with E-state index in [0.717, 1.165) is 27.7 Å². The highest BCUT2D eigenvalue weighted by Crippen LogP contribution is 2.48. The molecule has 0 bridgehead atoms. The highest BCUT2D eigenvalue weighted by molar-refractivity contribution is 5.91. The van der Waals surface area contributed by atoms with Gasteiger partial charge in [0.2, 0.25) is 5.91 Å². The molecule has 3 atom stereocenters. The highest BCUT2D eigenvalue weighted by atomic mass is 16.5. The molecule has 160 valence electrons. The van der Waals surface area contributed by atoms with Gasteiger partial charge in [-0.2, -0.15) is 0 Å². The molecular weight excluding hydrogens is 380 g/mol. The molecule has 1 saturated heterocycles. The number of hydrogen-bond acceptors (Lipinski definition) is 5. The molecule has 6 heteroatoms. The molecule has 3 heterocycles. The minimum Gasteiger partial charge on any atom is -0.396 e. The van der Waals surface area contributed by atoms with E-state index in [0.29, 0.717) is 26.0 Å². The fourth-order valence-electron chi connectivity index (χ4n) is 5.04. The van der Waals surface area contributed by atoms with Crippen LogP contribution in [0.4, 0.5) is 0 Å². The minimum atomic E-state index is -0.992. The first kappa shape index (κ1) is 21.0. The van der Waals surface area contributed by atoms with Gasteiger partial charge in [0.05, 0.1) is 35.4 Å². The van der Waals surface area contributed by atoms with Crippen LogP contribution in [0.5, 0.6) is 0 Å². The van der Waals surface area contributed by atoms with Crippen molar-refractivity contribution < 1.29 is 19.7 Å². The monoisotopic (exact) mass is 410 g/mol. The number of ether oxygens (including phenoxy) is 1. The van der Waals surface area contributed by atoms with Crippen molar-refractivity contribution in [3.8, 4) is 0 Å². The summed E-state index contributed by atoms with van der Waals surface area (Å²) >= 11 is 0. The van der Waals surface area contributed by atoms with E-state index in [-0.39, 0.29) is 30.4 Å². The van der Waals surface area contributed by atoms with Crippen molar-refractivity contribution in [3.05, 3.63) is 47.2 Å². The van der Waals surface area contributed by atoms with Crippen LogP contribution in [0.1, 0.15) is 49.6 Å². The number of aliphatic hydroxyl groups excluding tert-OH is 1. The fourth-order valence-corrected chi connectivity index (χ4v) is 5.04. The summed E-state index contributed by atoms with van der Waals surface area (Å²) in [7, 11) is 1.60. The summed E-state index contributed by atoms with van der Waals surface area (Å²) in [6.07, 6.45) is 5.24. The lowest BCUT2D eigenvalue weighted by Gasteiger charge is -2.44. The van der Waals surface area contributed by atoms with Gasteiger partial charge in [0.15, 0.2) is 0 Å². The highest BCUT2D eigenvalue weighted by Gasteiger charge is 2.51. The van der Waals surface area contributed by atoms with Crippen LogP contribution in [0.2, 0.25) is 0 Å². The molecule has 2 aromatic rings. The molecule has 30 heavy (non-hydrogen) atoms. The van der Waals surface area contributed by atoms with Crippen molar-refractivity contribution >= 4 is 22.9 Å². The van der Waals surface area contributed by atoms with Crippen molar-refractivity contribution in [2.75, 3.05) is 20.3 Å². The molecule has 1 aromatic heterocycles. The van der Waals surface area contributed by atoms with Crippen molar-refractivity contribution in [1.29, 1.82) is 0 Å².